The summed E-state index contributed by atoms with van der Waals surface area (Å²) in [5, 5.41) is 14.6. The average Bonchev–Trinajstić information content (AvgIpc) is 3.32. The summed E-state index contributed by atoms with van der Waals surface area (Å²) in [6, 6.07) is 29.5. The Labute approximate surface area is 303 Å². The van der Waals surface area contributed by atoms with Crippen LogP contribution in [0.25, 0.3) is 33.9 Å². The van der Waals surface area contributed by atoms with E-state index in [1.165, 1.54) is 10.4 Å². The van der Waals surface area contributed by atoms with Gasteiger partial charge in [0.25, 0.3) is 0 Å². The van der Waals surface area contributed by atoms with Crippen molar-refractivity contribution in [3.8, 4) is 39.7 Å². The molecule has 0 amide bonds. The molecule has 0 radical (unpaired) electrons. The summed E-state index contributed by atoms with van der Waals surface area (Å²) < 4.78 is 0. The lowest BCUT2D eigenvalue weighted by molar-refractivity contribution is 0.446. The molecule has 4 heterocycles. The third-order valence-corrected chi connectivity index (χ3v) is 13.7. The molecule has 258 valence electrons. The molecular weight excluding hydrogens is 643 g/mol. The Hall–Kier alpha value is -5.14. The third kappa shape index (κ3) is 5.93. The van der Waals surface area contributed by atoms with Crippen molar-refractivity contribution in [1.82, 2.24) is 19.9 Å². The SMILES string of the molecule is Cc1ccnc(C)c1N(c1cccc(-c2nc(-c3cc(C(C)(C)C)cc(C(C)(C)C)c3O)nc3c2[Si](C)(C)c2ccccc2-3)c1)c1ccccn1. The van der Waals surface area contributed by atoms with Crippen LogP contribution in [0.15, 0.2) is 97.3 Å². The molecule has 3 aromatic heterocycles. The maximum absolute atomic E-state index is 12.0. The van der Waals surface area contributed by atoms with Crippen LogP contribution in [-0.2, 0) is 10.8 Å². The van der Waals surface area contributed by atoms with Crippen LogP contribution in [0.1, 0.15) is 63.9 Å². The number of fused-ring (bicyclic) bond motifs is 3. The second kappa shape index (κ2) is 12.3. The summed E-state index contributed by atoms with van der Waals surface area (Å²) >= 11 is 0. The van der Waals surface area contributed by atoms with E-state index >= 15 is 0 Å². The highest BCUT2D eigenvalue weighted by Gasteiger charge is 2.42. The van der Waals surface area contributed by atoms with Gasteiger partial charge in [0.15, 0.2) is 5.82 Å². The number of phenols is 1. The van der Waals surface area contributed by atoms with Crippen molar-refractivity contribution >= 4 is 35.6 Å². The van der Waals surface area contributed by atoms with Gasteiger partial charge >= 0.3 is 0 Å². The van der Waals surface area contributed by atoms with Gasteiger partial charge in [0.05, 0.1) is 28.3 Å². The second-order valence-corrected chi connectivity index (χ2v) is 20.6. The van der Waals surface area contributed by atoms with E-state index in [9.17, 15) is 5.11 Å². The maximum atomic E-state index is 12.0. The van der Waals surface area contributed by atoms with Crippen molar-refractivity contribution in [3.05, 3.63) is 120 Å². The van der Waals surface area contributed by atoms with Crippen LogP contribution >= 0.6 is 0 Å². The van der Waals surface area contributed by atoms with Crippen LogP contribution in [0, 0.1) is 13.8 Å². The Morgan fingerprint density at radius 2 is 1.41 bits per heavy atom. The van der Waals surface area contributed by atoms with Gasteiger partial charge in [-0.1, -0.05) is 103 Å². The number of pyridine rings is 2. The van der Waals surface area contributed by atoms with Gasteiger partial charge < -0.3 is 5.11 Å². The molecule has 0 aliphatic carbocycles. The Morgan fingerprint density at radius 3 is 2.10 bits per heavy atom. The molecule has 1 aliphatic rings. The van der Waals surface area contributed by atoms with Gasteiger partial charge in [-0.3, -0.25) is 9.88 Å². The molecule has 0 saturated carbocycles. The Bertz CT molecular complexity index is 2280. The maximum Gasteiger partial charge on any atom is 0.164 e. The predicted molar refractivity (Wildman–Crippen MR) is 214 cm³/mol. The number of aryl methyl sites for hydroxylation is 2. The predicted octanol–water partition coefficient (Wildman–Crippen LogP) is 9.79. The zero-order valence-corrected chi connectivity index (χ0v) is 32.4. The number of hydrogen-bond acceptors (Lipinski definition) is 6. The van der Waals surface area contributed by atoms with Crippen molar-refractivity contribution < 1.29 is 5.11 Å². The summed E-state index contributed by atoms with van der Waals surface area (Å²) in [6.07, 6.45) is 3.68. The molecule has 0 bridgehead atoms. The van der Waals surface area contributed by atoms with Crippen LogP contribution in [-0.4, -0.2) is 33.1 Å². The fraction of sp³-hybridized carbons (Fsp3) is 0.273. The van der Waals surface area contributed by atoms with Crippen LogP contribution < -0.4 is 15.3 Å². The summed E-state index contributed by atoms with van der Waals surface area (Å²) in [4.78, 5) is 22.5. The molecule has 1 N–H and O–H groups in total. The van der Waals surface area contributed by atoms with Gasteiger partial charge in [0.1, 0.15) is 19.6 Å². The minimum atomic E-state index is -2.24. The monoisotopic (exact) mass is 689 g/mol. The van der Waals surface area contributed by atoms with E-state index in [4.69, 9.17) is 15.0 Å². The molecule has 6 nitrogen and oxygen atoms in total. The zero-order chi connectivity index (χ0) is 36.5. The number of nitrogens with zero attached hydrogens (tertiary/aromatic N) is 5. The number of aromatic hydroxyl groups is 1. The van der Waals surface area contributed by atoms with Crippen LogP contribution in [0.2, 0.25) is 13.1 Å². The van der Waals surface area contributed by atoms with Crippen LogP contribution in [0.3, 0.4) is 0 Å². The first-order chi connectivity index (χ1) is 24.1. The highest BCUT2D eigenvalue weighted by atomic mass is 28.3. The number of anilines is 3. The van der Waals surface area contributed by atoms with Crippen molar-refractivity contribution in [3.63, 3.8) is 0 Å². The number of aromatic nitrogens is 4. The Morgan fingerprint density at radius 1 is 0.686 bits per heavy atom. The number of hydrogen-bond donors (Lipinski definition) is 1. The van der Waals surface area contributed by atoms with Crippen LogP contribution in [0.4, 0.5) is 17.2 Å². The van der Waals surface area contributed by atoms with Crippen molar-refractivity contribution in [2.75, 3.05) is 4.90 Å². The molecule has 7 rings (SSSR count). The van der Waals surface area contributed by atoms with E-state index in [1.54, 1.807) is 0 Å². The van der Waals surface area contributed by atoms with Gasteiger partial charge in [-0.05, 0) is 88.1 Å². The summed E-state index contributed by atoms with van der Waals surface area (Å²) in [5.41, 5.74) is 10.3. The van der Waals surface area contributed by atoms with E-state index in [-0.39, 0.29) is 16.6 Å². The highest BCUT2D eigenvalue weighted by Crippen LogP contribution is 2.44. The first-order valence-electron chi connectivity index (χ1n) is 17.7. The van der Waals surface area contributed by atoms with Gasteiger partial charge in [0.2, 0.25) is 0 Å². The van der Waals surface area contributed by atoms with Gasteiger partial charge in [-0.2, -0.15) is 0 Å². The van der Waals surface area contributed by atoms with Crippen molar-refractivity contribution in [2.24, 2.45) is 0 Å². The van der Waals surface area contributed by atoms with Crippen LogP contribution in [0.5, 0.6) is 5.75 Å². The number of benzene rings is 3. The lowest BCUT2D eigenvalue weighted by Gasteiger charge is -2.28. The molecule has 0 spiro atoms. The zero-order valence-electron chi connectivity index (χ0n) is 31.4. The quantitative estimate of drug-likeness (QED) is 0.182. The Kier molecular flexibility index (Phi) is 8.25. The van der Waals surface area contributed by atoms with E-state index in [1.807, 2.05) is 43.6 Å². The molecule has 0 atom stereocenters. The Balaban J connectivity index is 1.53. The third-order valence-electron chi connectivity index (χ3n) is 10.2. The molecule has 0 fully saturated rings. The average molecular weight is 690 g/mol. The fourth-order valence-corrected chi connectivity index (χ4v) is 10.7. The molecule has 0 saturated heterocycles. The van der Waals surface area contributed by atoms with Gasteiger partial charge in [0, 0.05) is 29.2 Å². The molecule has 51 heavy (non-hydrogen) atoms. The fourth-order valence-electron chi connectivity index (χ4n) is 7.43. The standard InChI is InChI=1S/C44H47N5OSi/c1-27-21-23-45-28(2)39(27)49(36-20-13-14-22-46-36)31-17-15-16-29(24-31)37-41-38(32-18-11-12-19-35(32)51(41,9)10)48-42(47-37)33-25-30(43(3,4)5)26-34(40(33)50)44(6,7)8/h11-26,50H,1-10H3. The second-order valence-electron chi connectivity index (χ2n) is 16.3. The smallest absolute Gasteiger partial charge is 0.164 e. The van der Waals surface area contributed by atoms with Gasteiger partial charge in [-0.25, -0.2) is 15.0 Å². The van der Waals surface area contributed by atoms with E-state index in [2.05, 4.69) is 132 Å². The molecule has 6 aromatic rings. The van der Waals surface area contributed by atoms with Crippen molar-refractivity contribution in [1.29, 1.82) is 0 Å². The lowest BCUT2D eigenvalue weighted by Crippen LogP contribution is -2.50. The normalized spacial score (nSPS) is 13.5. The molecule has 0 unspecified atom stereocenters. The van der Waals surface area contributed by atoms with E-state index < -0.39 is 8.07 Å². The topological polar surface area (TPSA) is 75.0 Å². The minimum Gasteiger partial charge on any atom is -0.507 e. The molecule has 1 aliphatic heterocycles. The van der Waals surface area contributed by atoms with Crippen molar-refractivity contribution in [2.45, 2.75) is 79.3 Å². The largest absolute Gasteiger partial charge is 0.507 e. The molecule has 3 aromatic carbocycles. The molecule has 7 heteroatoms. The highest BCUT2D eigenvalue weighted by molar-refractivity contribution is 7.04. The number of rotatable bonds is 5. The summed E-state index contributed by atoms with van der Waals surface area (Å²) in [5.74, 6) is 1.58. The van der Waals surface area contributed by atoms with Gasteiger partial charge in [-0.15, -0.1) is 0 Å². The number of phenolic OH excluding ortho intramolecular Hbond substituents is 1. The lowest BCUT2D eigenvalue weighted by atomic mass is 9.79. The van der Waals surface area contributed by atoms with E-state index in [0.717, 1.165) is 62.1 Å². The molecular formula is C44H47N5OSi. The first kappa shape index (κ1) is 34.3. The first-order valence-corrected chi connectivity index (χ1v) is 20.7. The summed E-state index contributed by atoms with van der Waals surface area (Å²) in [6.45, 7) is 22.0. The minimum absolute atomic E-state index is 0.144. The van der Waals surface area contributed by atoms with E-state index in [0.29, 0.717) is 11.4 Å². The summed E-state index contributed by atoms with van der Waals surface area (Å²) in [7, 11) is -2.24.